The molecule has 0 saturated carbocycles. The van der Waals surface area contributed by atoms with E-state index in [1.54, 1.807) is 12.0 Å². The molecule has 0 atom stereocenters. The van der Waals surface area contributed by atoms with Gasteiger partial charge in [0.1, 0.15) is 0 Å². The van der Waals surface area contributed by atoms with Crippen LogP contribution in [0.2, 0.25) is 5.02 Å². The standard InChI is InChI=1S/C20H33ClN4O3/c1-7-22-20(24(5)14-18(26)25(8-2)9-3)23-13-15-11-16(21)19(28-10-4)17(12-15)27-6/h11-12H,7-10,13-14H2,1-6H3,(H,22,23). The van der Waals surface area contributed by atoms with Crippen LogP contribution in [0.4, 0.5) is 0 Å². The Kier molecular flexibility index (Phi) is 10.5. The van der Waals surface area contributed by atoms with E-state index < -0.39 is 0 Å². The number of carbonyl (C=O) groups excluding carboxylic acids is 1. The van der Waals surface area contributed by atoms with Crippen molar-refractivity contribution in [2.45, 2.75) is 34.2 Å². The molecule has 0 aromatic heterocycles. The summed E-state index contributed by atoms with van der Waals surface area (Å²) >= 11 is 6.34. The average Bonchev–Trinajstić information content (AvgIpc) is 2.67. The molecular weight excluding hydrogens is 380 g/mol. The number of carbonyl (C=O) groups is 1. The highest BCUT2D eigenvalue weighted by atomic mass is 35.5. The van der Waals surface area contributed by atoms with E-state index in [-0.39, 0.29) is 12.5 Å². The lowest BCUT2D eigenvalue weighted by atomic mass is 10.2. The minimum Gasteiger partial charge on any atom is -0.493 e. The number of benzene rings is 1. The van der Waals surface area contributed by atoms with Crippen LogP contribution in [0, 0.1) is 0 Å². The summed E-state index contributed by atoms with van der Waals surface area (Å²) in [7, 11) is 3.44. The summed E-state index contributed by atoms with van der Waals surface area (Å²) in [5, 5.41) is 3.71. The first-order valence-electron chi connectivity index (χ1n) is 9.68. The van der Waals surface area contributed by atoms with Crippen molar-refractivity contribution in [3.8, 4) is 11.5 Å². The van der Waals surface area contributed by atoms with Gasteiger partial charge in [0.05, 0.1) is 31.8 Å². The predicted octanol–water partition coefficient (Wildman–Crippen LogP) is 3.01. The number of likely N-dealkylation sites (N-methyl/N-ethyl adjacent to an activating group) is 2. The Labute approximate surface area is 173 Å². The number of aliphatic imine (C=N–C) groups is 1. The second kappa shape index (κ2) is 12.3. The SMILES string of the molecule is CCNC(=NCc1cc(Cl)c(OCC)c(OC)c1)N(C)CC(=O)N(CC)CC. The van der Waals surface area contributed by atoms with Crippen molar-refractivity contribution in [2.24, 2.45) is 4.99 Å². The molecule has 1 amide bonds. The van der Waals surface area contributed by atoms with Crippen LogP contribution in [0.15, 0.2) is 17.1 Å². The summed E-state index contributed by atoms with van der Waals surface area (Å²) < 4.78 is 10.9. The minimum atomic E-state index is 0.0730. The summed E-state index contributed by atoms with van der Waals surface area (Å²) in [6.45, 7) is 11.1. The first-order valence-corrected chi connectivity index (χ1v) is 10.1. The van der Waals surface area contributed by atoms with Crippen LogP contribution in [0.3, 0.4) is 0 Å². The molecule has 1 aromatic rings. The van der Waals surface area contributed by atoms with Crippen molar-refractivity contribution in [3.05, 3.63) is 22.7 Å². The largest absolute Gasteiger partial charge is 0.493 e. The van der Waals surface area contributed by atoms with Crippen LogP contribution in [0.1, 0.15) is 33.3 Å². The van der Waals surface area contributed by atoms with Gasteiger partial charge in [0.2, 0.25) is 5.91 Å². The van der Waals surface area contributed by atoms with Crippen LogP contribution in [-0.2, 0) is 11.3 Å². The molecule has 0 saturated heterocycles. The summed E-state index contributed by atoms with van der Waals surface area (Å²) in [6.07, 6.45) is 0. The lowest BCUT2D eigenvalue weighted by Crippen LogP contribution is -2.45. The Morgan fingerprint density at radius 1 is 1.21 bits per heavy atom. The molecule has 1 aromatic carbocycles. The van der Waals surface area contributed by atoms with E-state index in [1.807, 2.05) is 51.8 Å². The number of rotatable bonds is 10. The molecule has 0 aliphatic heterocycles. The van der Waals surface area contributed by atoms with Gasteiger partial charge in [0, 0.05) is 26.7 Å². The molecule has 0 bridgehead atoms. The van der Waals surface area contributed by atoms with Crippen molar-refractivity contribution in [1.29, 1.82) is 0 Å². The Balaban J connectivity index is 2.97. The summed E-state index contributed by atoms with van der Waals surface area (Å²) in [6, 6.07) is 3.69. The molecular formula is C20H33ClN4O3. The first kappa shape index (κ1) is 23.9. The van der Waals surface area contributed by atoms with E-state index in [2.05, 4.69) is 10.3 Å². The van der Waals surface area contributed by atoms with E-state index in [0.717, 1.165) is 5.56 Å². The molecule has 158 valence electrons. The molecule has 0 unspecified atom stereocenters. The van der Waals surface area contributed by atoms with Gasteiger partial charge in [0.25, 0.3) is 0 Å². The number of methoxy groups -OCH3 is 1. The van der Waals surface area contributed by atoms with Gasteiger partial charge in [-0.25, -0.2) is 4.99 Å². The average molecular weight is 413 g/mol. The van der Waals surface area contributed by atoms with Crippen LogP contribution < -0.4 is 14.8 Å². The van der Waals surface area contributed by atoms with E-state index >= 15 is 0 Å². The number of ether oxygens (including phenoxy) is 2. The van der Waals surface area contributed by atoms with Crippen LogP contribution in [0.25, 0.3) is 0 Å². The highest BCUT2D eigenvalue weighted by Crippen LogP contribution is 2.36. The third-order valence-corrected chi connectivity index (χ3v) is 4.46. The monoisotopic (exact) mass is 412 g/mol. The second-order valence-electron chi connectivity index (χ2n) is 6.13. The first-order chi connectivity index (χ1) is 13.4. The quantitative estimate of drug-likeness (QED) is 0.472. The molecule has 0 spiro atoms. The van der Waals surface area contributed by atoms with Gasteiger partial charge in [-0.2, -0.15) is 0 Å². The van der Waals surface area contributed by atoms with Crippen LogP contribution in [0.5, 0.6) is 11.5 Å². The van der Waals surface area contributed by atoms with Crippen molar-refractivity contribution < 1.29 is 14.3 Å². The van der Waals surface area contributed by atoms with Crippen LogP contribution in [-0.4, -0.2) is 68.6 Å². The number of amides is 1. The molecule has 0 fully saturated rings. The fourth-order valence-corrected chi connectivity index (χ4v) is 3.03. The minimum absolute atomic E-state index is 0.0730. The molecule has 0 radical (unpaired) electrons. The van der Waals surface area contributed by atoms with Gasteiger partial charge in [0.15, 0.2) is 17.5 Å². The van der Waals surface area contributed by atoms with Crippen molar-refractivity contribution in [1.82, 2.24) is 15.1 Å². The zero-order valence-electron chi connectivity index (χ0n) is 17.8. The number of nitrogens with zero attached hydrogens (tertiary/aromatic N) is 3. The Morgan fingerprint density at radius 3 is 2.43 bits per heavy atom. The summed E-state index contributed by atoms with van der Waals surface area (Å²) in [5.74, 6) is 1.85. The molecule has 8 heteroatoms. The van der Waals surface area contributed by atoms with Gasteiger partial charge < -0.3 is 24.6 Å². The van der Waals surface area contributed by atoms with Crippen LogP contribution >= 0.6 is 11.6 Å². The van der Waals surface area contributed by atoms with Gasteiger partial charge >= 0.3 is 0 Å². The predicted molar refractivity (Wildman–Crippen MR) is 115 cm³/mol. The number of hydrogen-bond acceptors (Lipinski definition) is 4. The molecule has 1 rings (SSSR count). The van der Waals surface area contributed by atoms with Gasteiger partial charge in [-0.3, -0.25) is 4.79 Å². The second-order valence-corrected chi connectivity index (χ2v) is 6.54. The maximum Gasteiger partial charge on any atom is 0.242 e. The highest BCUT2D eigenvalue weighted by Gasteiger charge is 2.16. The zero-order chi connectivity index (χ0) is 21.1. The zero-order valence-corrected chi connectivity index (χ0v) is 18.6. The van der Waals surface area contributed by atoms with Gasteiger partial charge in [-0.1, -0.05) is 11.6 Å². The highest BCUT2D eigenvalue weighted by molar-refractivity contribution is 6.32. The Hall–Kier alpha value is -2.15. The fourth-order valence-electron chi connectivity index (χ4n) is 2.74. The molecule has 1 N–H and O–H groups in total. The molecule has 0 aliphatic carbocycles. The normalized spacial score (nSPS) is 11.2. The molecule has 28 heavy (non-hydrogen) atoms. The Morgan fingerprint density at radius 2 is 1.89 bits per heavy atom. The number of hydrogen-bond donors (Lipinski definition) is 1. The lowest BCUT2D eigenvalue weighted by Gasteiger charge is -2.25. The van der Waals surface area contributed by atoms with Gasteiger partial charge in [-0.05, 0) is 45.4 Å². The third kappa shape index (κ3) is 6.78. The van der Waals surface area contributed by atoms with E-state index in [9.17, 15) is 4.79 Å². The molecule has 0 aliphatic rings. The topological polar surface area (TPSA) is 66.4 Å². The Bertz CT molecular complexity index is 663. The lowest BCUT2D eigenvalue weighted by molar-refractivity contribution is -0.131. The molecule has 0 heterocycles. The maximum atomic E-state index is 12.4. The fraction of sp³-hybridized carbons (Fsp3) is 0.600. The van der Waals surface area contributed by atoms with Crippen molar-refractivity contribution in [3.63, 3.8) is 0 Å². The third-order valence-electron chi connectivity index (χ3n) is 4.17. The number of halogens is 1. The summed E-state index contributed by atoms with van der Waals surface area (Å²) in [4.78, 5) is 20.7. The van der Waals surface area contributed by atoms with Gasteiger partial charge in [-0.15, -0.1) is 0 Å². The summed E-state index contributed by atoms with van der Waals surface area (Å²) in [5.41, 5.74) is 0.893. The number of nitrogens with one attached hydrogen (secondary N) is 1. The van der Waals surface area contributed by atoms with E-state index in [0.29, 0.717) is 55.3 Å². The van der Waals surface area contributed by atoms with Crippen molar-refractivity contribution >= 4 is 23.5 Å². The van der Waals surface area contributed by atoms with E-state index in [4.69, 9.17) is 21.1 Å². The van der Waals surface area contributed by atoms with E-state index in [1.165, 1.54) is 0 Å². The maximum absolute atomic E-state index is 12.4. The molecule has 7 nitrogen and oxygen atoms in total. The number of guanidine groups is 1. The van der Waals surface area contributed by atoms with Crippen molar-refractivity contribution in [2.75, 3.05) is 46.9 Å². The smallest absolute Gasteiger partial charge is 0.242 e.